The molecular weight excluding hydrogens is 1300 g/mol. The van der Waals surface area contributed by atoms with E-state index in [9.17, 15) is 19.5 Å². The van der Waals surface area contributed by atoms with Crippen molar-refractivity contribution in [2.75, 3.05) is 47.5 Å². The van der Waals surface area contributed by atoms with E-state index < -0.39 is 24.3 Å². The van der Waals surface area contributed by atoms with Gasteiger partial charge in [-0.2, -0.15) is 0 Å². The van der Waals surface area contributed by atoms with E-state index in [0.29, 0.717) is 23.9 Å². The first-order valence-electron chi connectivity index (χ1n) is 43.3. The summed E-state index contributed by atoms with van der Waals surface area (Å²) >= 11 is 0. The van der Waals surface area contributed by atoms with Gasteiger partial charge in [-0.3, -0.25) is 9.59 Å². The van der Waals surface area contributed by atoms with E-state index in [1.165, 1.54) is 193 Å². The highest BCUT2D eigenvalue weighted by molar-refractivity contribution is 5.71. The van der Waals surface area contributed by atoms with E-state index in [0.717, 1.165) is 135 Å². The van der Waals surface area contributed by atoms with Gasteiger partial charge in [0, 0.05) is 12.8 Å². The Morgan fingerprint density at radius 2 is 0.514 bits per heavy atom. The van der Waals surface area contributed by atoms with E-state index in [2.05, 4.69) is 184 Å². The number of aliphatic carboxylic acids is 1. The van der Waals surface area contributed by atoms with Crippen molar-refractivity contribution >= 4 is 17.9 Å². The molecule has 0 fully saturated rings. The van der Waals surface area contributed by atoms with Crippen LogP contribution in [0.15, 0.2) is 170 Å². The Morgan fingerprint density at radius 1 is 0.286 bits per heavy atom. The van der Waals surface area contributed by atoms with Gasteiger partial charge >= 0.3 is 17.9 Å². The van der Waals surface area contributed by atoms with Crippen LogP contribution in [0, 0.1) is 0 Å². The number of esters is 2. The summed E-state index contributed by atoms with van der Waals surface area (Å²) in [6.07, 6.45) is 124. The molecule has 9 heteroatoms. The molecule has 0 saturated heterocycles. The number of likely N-dealkylation sites (N-methyl/N-ethyl adjacent to an activating group) is 1. The van der Waals surface area contributed by atoms with Crippen molar-refractivity contribution < 1.29 is 42.9 Å². The molecule has 0 bridgehead atoms. The van der Waals surface area contributed by atoms with E-state index in [1.807, 2.05) is 21.1 Å². The molecule has 0 rings (SSSR count). The fourth-order valence-corrected chi connectivity index (χ4v) is 12.0. The van der Waals surface area contributed by atoms with Crippen molar-refractivity contribution in [3.05, 3.63) is 170 Å². The molecule has 0 aromatic carbocycles. The summed E-state index contributed by atoms with van der Waals surface area (Å²) in [6.45, 7) is 4.66. The van der Waals surface area contributed by atoms with Crippen LogP contribution in [-0.2, 0) is 33.3 Å². The maximum absolute atomic E-state index is 13.0. The van der Waals surface area contributed by atoms with Gasteiger partial charge in [-0.25, -0.2) is 4.79 Å². The number of carbonyl (C=O) groups excluding carboxylic acids is 2. The first-order chi connectivity index (χ1) is 51.6. The molecule has 105 heavy (non-hydrogen) atoms. The van der Waals surface area contributed by atoms with Crippen LogP contribution in [0.25, 0.3) is 0 Å². The predicted octanol–water partition coefficient (Wildman–Crippen LogP) is 28.5. The highest BCUT2D eigenvalue weighted by Gasteiger charge is 2.25. The van der Waals surface area contributed by atoms with Crippen LogP contribution >= 0.6 is 0 Å². The van der Waals surface area contributed by atoms with Gasteiger partial charge in [-0.1, -0.05) is 389 Å². The molecule has 598 valence electrons. The summed E-state index contributed by atoms with van der Waals surface area (Å²) in [5.74, 6) is -2.01. The molecule has 2 atom stereocenters. The largest absolute Gasteiger partial charge is 0.477 e. The molecule has 0 radical (unpaired) electrons. The number of carboxylic acid groups (broad SMARTS) is 1. The number of carbonyl (C=O) groups is 3. The molecule has 0 aromatic rings. The van der Waals surface area contributed by atoms with Gasteiger partial charge in [-0.15, -0.1) is 0 Å². The highest BCUT2D eigenvalue weighted by Crippen LogP contribution is 2.19. The number of unbranched alkanes of at least 4 members (excludes halogenated alkanes) is 36. The van der Waals surface area contributed by atoms with Gasteiger partial charge in [0.1, 0.15) is 13.2 Å². The molecular formula is C96H162NO8+. The normalized spacial score (nSPS) is 13.5. The third kappa shape index (κ3) is 85.8. The number of quaternary nitrogens is 1. The third-order valence-electron chi connectivity index (χ3n) is 18.5. The average Bonchev–Trinajstić information content (AvgIpc) is 1.97. The summed E-state index contributed by atoms with van der Waals surface area (Å²) in [5, 5.41) is 9.79. The van der Waals surface area contributed by atoms with E-state index in [4.69, 9.17) is 18.9 Å². The number of ether oxygens (including phenoxy) is 4. The number of carboxylic acids is 1. The first kappa shape index (κ1) is 99.7. The molecule has 0 aliphatic carbocycles. The van der Waals surface area contributed by atoms with Crippen LogP contribution in [0.3, 0.4) is 0 Å². The number of hydrogen-bond donors (Lipinski definition) is 1. The SMILES string of the molecule is CC/C=C\C/C=C\C/C=C\C/C=C\C/C=C\C/C=C\C/C=C\C/C=C\C/C=C\C/C=C\CCCCCCCCCCC(=O)OC(COC(=O)CCCCCCCCCCCCCCCCCCCCCCCCCCCCCC/C=C\C/C=C\C/C=C\C/C=C\CC)COC(OCC[N+](C)(C)C)C(=O)O. The molecule has 0 aliphatic heterocycles. The van der Waals surface area contributed by atoms with Crippen LogP contribution in [0.5, 0.6) is 0 Å². The Hall–Kier alpha value is -5.35. The van der Waals surface area contributed by atoms with Gasteiger partial charge in [0.15, 0.2) is 6.10 Å². The topological polar surface area (TPSA) is 108 Å². The second-order valence-corrected chi connectivity index (χ2v) is 29.7. The Balaban J connectivity index is 4.02. The summed E-state index contributed by atoms with van der Waals surface area (Å²) in [5.41, 5.74) is 0. The molecule has 9 nitrogen and oxygen atoms in total. The van der Waals surface area contributed by atoms with Gasteiger partial charge in [0.25, 0.3) is 6.29 Å². The molecule has 0 aliphatic rings. The first-order valence-corrected chi connectivity index (χ1v) is 43.3. The van der Waals surface area contributed by atoms with Gasteiger partial charge in [0.2, 0.25) is 0 Å². The van der Waals surface area contributed by atoms with E-state index in [1.54, 1.807) is 0 Å². The lowest BCUT2D eigenvalue weighted by Gasteiger charge is -2.25. The third-order valence-corrected chi connectivity index (χ3v) is 18.5. The average molecular weight is 1460 g/mol. The van der Waals surface area contributed by atoms with Crippen LogP contribution in [0.2, 0.25) is 0 Å². The zero-order valence-electron chi connectivity index (χ0n) is 68.6. The number of hydrogen-bond acceptors (Lipinski definition) is 7. The number of rotatable bonds is 79. The summed E-state index contributed by atoms with van der Waals surface area (Å²) in [6, 6.07) is 0. The second-order valence-electron chi connectivity index (χ2n) is 29.7. The Morgan fingerprint density at radius 3 is 0.762 bits per heavy atom. The van der Waals surface area contributed by atoms with Gasteiger partial charge < -0.3 is 28.5 Å². The predicted molar refractivity (Wildman–Crippen MR) is 456 cm³/mol. The van der Waals surface area contributed by atoms with Crippen LogP contribution in [0.4, 0.5) is 0 Å². The molecule has 0 saturated carbocycles. The maximum Gasteiger partial charge on any atom is 0.361 e. The summed E-state index contributed by atoms with van der Waals surface area (Å²) in [7, 11) is 5.98. The monoisotopic (exact) mass is 1460 g/mol. The fraction of sp³-hybridized carbons (Fsp3) is 0.677. The standard InChI is InChI=1S/C96H161NO8/c1-6-8-10-12-14-16-18-20-22-24-26-28-30-32-34-36-38-40-42-44-46-47-49-50-52-54-56-58-60-62-64-66-68-70-72-74-76-78-80-82-84-86-93(98)103-90-92(91-104-96(95(100)101)102-89-88-97(3,4)5)105-94(99)87-85-83-81-79-77-75-73-71-69-67-65-63-61-59-57-55-53-51-48-45-43-41-39-37-35-33-31-29-27-25-23-21-19-17-15-13-11-9-7-2/h8-11,14-17,20-23,26-29,33,35,39,41,45,48,53,55,59,61,65,67,92,96H,6-7,12-13,18-19,24-25,30-32,34,36-38,40,42-44,46-47,49-52,54,56-58,60,62-64,66,68-91H2,1-5H3/p+1/b10-8-,11-9-,16-14-,17-15-,22-20-,23-21-,28-26-,29-27-,35-33-,41-39-,48-45-,55-53-,61-59-,67-65-. The van der Waals surface area contributed by atoms with Crippen molar-refractivity contribution in [1.82, 2.24) is 0 Å². The molecule has 2 unspecified atom stereocenters. The molecule has 1 N–H and O–H groups in total. The maximum atomic E-state index is 13.0. The minimum atomic E-state index is -1.52. The smallest absolute Gasteiger partial charge is 0.361 e. The van der Waals surface area contributed by atoms with Crippen molar-refractivity contribution in [1.29, 1.82) is 0 Å². The quantitative estimate of drug-likeness (QED) is 0.0211. The van der Waals surface area contributed by atoms with Crippen molar-refractivity contribution in [2.45, 2.75) is 373 Å². The lowest BCUT2D eigenvalue weighted by atomic mass is 10.0. The van der Waals surface area contributed by atoms with Gasteiger partial charge in [-0.05, 0) is 128 Å². The van der Waals surface area contributed by atoms with E-state index >= 15 is 0 Å². The van der Waals surface area contributed by atoms with Crippen LogP contribution in [-0.4, -0.2) is 87.4 Å². The van der Waals surface area contributed by atoms with Crippen molar-refractivity contribution in [3.63, 3.8) is 0 Å². The molecule has 0 aromatic heterocycles. The van der Waals surface area contributed by atoms with E-state index in [-0.39, 0.29) is 32.2 Å². The molecule has 0 spiro atoms. The van der Waals surface area contributed by atoms with Crippen molar-refractivity contribution in [3.8, 4) is 0 Å². The zero-order chi connectivity index (χ0) is 76.0. The molecule has 0 amide bonds. The lowest BCUT2D eigenvalue weighted by Crippen LogP contribution is -2.40. The Kier molecular flexibility index (Phi) is 80.0. The fourth-order valence-electron chi connectivity index (χ4n) is 12.0. The van der Waals surface area contributed by atoms with Gasteiger partial charge in [0.05, 0.1) is 34.4 Å². The summed E-state index contributed by atoms with van der Waals surface area (Å²) in [4.78, 5) is 37.8. The number of allylic oxidation sites excluding steroid dienone is 28. The molecule has 0 heterocycles. The Labute approximate surface area is 647 Å². The van der Waals surface area contributed by atoms with Crippen LogP contribution in [0.1, 0.15) is 361 Å². The van der Waals surface area contributed by atoms with Crippen LogP contribution < -0.4 is 0 Å². The minimum Gasteiger partial charge on any atom is -0.477 e. The highest BCUT2D eigenvalue weighted by atomic mass is 16.7. The minimum absolute atomic E-state index is 0.180. The number of nitrogens with zero attached hydrogens (tertiary/aromatic N) is 1. The second kappa shape index (κ2) is 84.3. The lowest BCUT2D eigenvalue weighted by molar-refractivity contribution is -0.870. The Bertz CT molecular complexity index is 2350. The zero-order valence-corrected chi connectivity index (χ0v) is 68.6. The summed E-state index contributed by atoms with van der Waals surface area (Å²) < 4.78 is 23.1. The van der Waals surface area contributed by atoms with Crippen molar-refractivity contribution in [2.24, 2.45) is 0 Å².